The zero-order valence-corrected chi connectivity index (χ0v) is 25.8. The van der Waals surface area contributed by atoms with Crippen molar-refractivity contribution in [2.75, 3.05) is 0 Å². The maximum absolute atomic E-state index is 2.42. The zero-order chi connectivity index (χ0) is 29.5. The topological polar surface area (TPSA) is 4.93 Å². The van der Waals surface area contributed by atoms with E-state index in [1.54, 1.807) is 0 Å². The maximum Gasteiger partial charge on any atom is 0.0555 e. The van der Waals surface area contributed by atoms with E-state index < -0.39 is 0 Å². The molecule has 3 heteroatoms. The molecule has 0 atom stereocenters. The standard InChI is InChI=1S/C42H25NS2/c1-4-13-36-35(10-1)40-37(25-24-34-32-9-3-6-15-39(32)45-42(34)40)43(36)29-22-20-27(21-23-29)26-16-18-28(19-17-26)30-11-7-12-33-31-8-2-5-14-38(31)44-41(30)33/h1-25H. The van der Waals surface area contributed by atoms with Gasteiger partial charge in [0.2, 0.25) is 0 Å². The van der Waals surface area contributed by atoms with Crippen LogP contribution in [0.25, 0.3) is 90.1 Å². The lowest BCUT2D eigenvalue weighted by Crippen LogP contribution is -1.93. The van der Waals surface area contributed by atoms with Crippen LogP contribution in [0.15, 0.2) is 152 Å². The predicted molar refractivity (Wildman–Crippen MR) is 197 cm³/mol. The first-order chi connectivity index (χ1) is 22.3. The van der Waals surface area contributed by atoms with E-state index in [1.807, 2.05) is 22.7 Å². The molecule has 0 spiro atoms. The summed E-state index contributed by atoms with van der Waals surface area (Å²) >= 11 is 3.79. The highest BCUT2D eigenvalue weighted by molar-refractivity contribution is 7.27. The van der Waals surface area contributed by atoms with Gasteiger partial charge in [0.15, 0.2) is 0 Å². The van der Waals surface area contributed by atoms with Crippen molar-refractivity contribution in [2.24, 2.45) is 0 Å². The van der Waals surface area contributed by atoms with Gasteiger partial charge in [0.1, 0.15) is 0 Å². The van der Waals surface area contributed by atoms with Crippen LogP contribution in [0.3, 0.4) is 0 Å². The lowest BCUT2D eigenvalue weighted by Gasteiger charge is -2.10. The minimum Gasteiger partial charge on any atom is -0.309 e. The first kappa shape index (κ1) is 25.1. The third kappa shape index (κ3) is 3.72. The molecule has 0 bridgehead atoms. The zero-order valence-electron chi connectivity index (χ0n) is 24.2. The van der Waals surface area contributed by atoms with Gasteiger partial charge in [0, 0.05) is 56.8 Å². The Labute approximate surface area is 267 Å². The van der Waals surface area contributed by atoms with Crippen LogP contribution in [0, 0.1) is 0 Å². The Morgan fingerprint density at radius 3 is 1.64 bits per heavy atom. The fourth-order valence-electron chi connectivity index (χ4n) is 7.13. The van der Waals surface area contributed by atoms with E-state index in [0.29, 0.717) is 0 Å². The van der Waals surface area contributed by atoms with Crippen molar-refractivity contribution in [3.63, 3.8) is 0 Å². The van der Waals surface area contributed by atoms with Gasteiger partial charge in [-0.05, 0) is 58.7 Å². The van der Waals surface area contributed by atoms with Crippen LogP contribution in [0.4, 0.5) is 0 Å². The van der Waals surface area contributed by atoms with Crippen LogP contribution >= 0.6 is 22.7 Å². The third-order valence-corrected chi connectivity index (χ3v) is 11.7. The average molecular weight is 608 g/mol. The maximum atomic E-state index is 2.42. The largest absolute Gasteiger partial charge is 0.309 e. The van der Waals surface area contributed by atoms with Gasteiger partial charge in [-0.1, -0.05) is 115 Å². The number of benzene rings is 7. The summed E-state index contributed by atoms with van der Waals surface area (Å²) in [4.78, 5) is 0. The molecule has 0 saturated heterocycles. The summed E-state index contributed by atoms with van der Waals surface area (Å²) in [6.07, 6.45) is 0. The van der Waals surface area contributed by atoms with Gasteiger partial charge in [-0.25, -0.2) is 0 Å². The molecule has 0 saturated carbocycles. The van der Waals surface area contributed by atoms with Crippen molar-refractivity contribution in [1.82, 2.24) is 4.57 Å². The van der Waals surface area contributed by atoms with Crippen molar-refractivity contribution in [2.45, 2.75) is 0 Å². The average Bonchev–Trinajstić information content (AvgIpc) is 3.78. The molecular formula is C42H25NS2. The van der Waals surface area contributed by atoms with Gasteiger partial charge >= 0.3 is 0 Å². The van der Waals surface area contributed by atoms with Crippen LogP contribution in [0.2, 0.25) is 0 Å². The van der Waals surface area contributed by atoms with Crippen LogP contribution in [-0.4, -0.2) is 4.57 Å². The summed E-state index contributed by atoms with van der Waals surface area (Å²) < 4.78 is 7.83. The second-order valence-electron chi connectivity index (χ2n) is 11.7. The minimum atomic E-state index is 1.18. The Kier molecular flexibility index (Phi) is 5.39. The normalized spacial score (nSPS) is 12.0. The smallest absolute Gasteiger partial charge is 0.0555 e. The quantitative estimate of drug-likeness (QED) is 0.188. The number of thiophene rings is 2. The molecule has 0 aliphatic rings. The second kappa shape index (κ2) is 9.64. The van der Waals surface area contributed by atoms with Gasteiger partial charge in [-0.3, -0.25) is 0 Å². The minimum absolute atomic E-state index is 1.18. The molecular weight excluding hydrogens is 583 g/mol. The fourth-order valence-corrected chi connectivity index (χ4v) is 9.63. The fraction of sp³-hybridized carbons (Fsp3) is 0. The highest BCUT2D eigenvalue weighted by Crippen LogP contribution is 2.44. The van der Waals surface area contributed by atoms with Crippen molar-refractivity contribution in [3.05, 3.63) is 152 Å². The third-order valence-electron chi connectivity index (χ3n) is 9.24. The van der Waals surface area contributed by atoms with Crippen molar-refractivity contribution in [3.8, 4) is 27.9 Å². The Morgan fingerprint density at radius 2 is 0.911 bits per heavy atom. The van der Waals surface area contributed by atoms with Gasteiger partial charge in [0.25, 0.3) is 0 Å². The number of fused-ring (bicyclic) bond motifs is 10. The summed E-state index contributed by atoms with van der Waals surface area (Å²) in [6, 6.07) is 55.7. The molecule has 10 aromatic rings. The van der Waals surface area contributed by atoms with Crippen LogP contribution in [0.5, 0.6) is 0 Å². The van der Waals surface area contributed by atoms with Crippen molar-refractivity contribution < 1.29 is 0 Å². The summed E-state index contributed by atoms with van der Waals surface area (Å²) in [7, 11) is 0. The second-order valence-corrected chi connectivity index (χ2v) is 13.8. The lowest BCUT2D eigenvalue weighted by atomic mass is 9.99. The van der Waals surface area contributed by atoms with E-state index in [0.717, 1.165) is 0 Å². The highest BCUT2D eigenvalue weighted by Gasteiger charge is 2.17. The number of rotatable bonds is 3. The number of nitrogens with zero attached hydrogens (tertiary/aromatic N) is 1. The van der Waals surface area contributed by atoms with Crippen LogP contribution in [-0.2, 0) is 0 Å². The molecule has 0 amide bonds. The Hall–Kier alpha value is -5.22. The van der Waals surface area contributed by atoms with Crippen molar-refractivity contribution in [1.29, 1.82) is 0 Å². The summed E-state index contributed by atoms with van der Waals surface area (Å²) in [5, 5.41) is 8.01. The van der Waals surface area contributed by atoms with Gasteiger partial charge in [0.05, 0.1) is 11.0 Å². The molecule has 7 aromatic carbocycles. The first-order valence-corrected chi connectivity index (χ1v) is 16.9. The van der Waals surface area contributed by atoms with Crippen LogP contribution < -0.4 is 0 Å². The molecule has 0 unspecified atom stereocenters. The highest BCUT2D eigenvalue weighted by atomic mass is 32.1. The van der Waals surface area contributed by atoms with Crippen molar-refractivity contribution >= 4 is 84.8 Å². The molecule has 3 aromatic heterocycles. The number of aromatic nitrogens is 1. The summed E-state index contributed by atoms with van der Waals surface area (Å²) in [5.41, 5.74) is 8.67. The van der Waals surface area contributed by atoms with E-state index in [1.165, 1.54) is 90.1 Å². The SMILES string of the molecule is c1ccc2c(c1)sc1c(-c3ccc(-c4ccc(-n5c6ccccc6c6c7sc8ccccc8c7ccc65)cc4)cc3)cccc12. The molecule has 10 rings (SSSR count). The van der Waals surface area contributed by atoms with E-state index >= 15 is 0 Å². The molecule has 0 N–H and O–H groups in total. The summed E-state index contributed by atoms with van der Waals surface area (Å²) in [5.74, 6) is 0. The monoisotopic (exact) mass is 607 g/mol. The molecule has 0 radical (unpaired) electrons. The van der Waals surface area contributed by atoms with Gasteiger partial charge < -0.3 is 4.57 Å². The number of para-hydroxylation sites is 1. The van der Waals surface area contributed by atoms with Gasteiger partial charge in [-0.2, -0.15) is 0 Å². The molecule has 45 heavy (non-hydrogen) atoms. The number of hydrogen-bond donors (Lipinski definition) is 0. The molecule has 0 fully saturated rings. The molecule has 1 nitrogen and oxygen atoms in total. The summed E-state index contributed by atoms with van der Waals surface area (Å²) in [6.45, 7) is 0. The lowest BCUT2D eigenvalue weighted by molar-refractivity contribution is 1.18. The Morgan fingerprint density at radius 1 is 0.356 bits per heavy atom. The van der Waals surface area contributed by atoms with Crippen LogP contribution in [0.1, 0.15) is 0 Å². The molecule has 0 aliphatic carbocycles. The predicted octanol–water partition coefficient (Wildman–Crippen LogP) is 12.9. The Balaban J connectivity index is 1.06. The van der Waals surface area contributed by atoms with E-state index in [2.05, 4.69) is 156 Å². The molecule has 0 aliphatic heterocycles. The number of hydrogen-bond acceptors (Lipinski definition) is 2. The molecule has 210 valence electrons. The van der Waals surface area contributed by atoms with E-state index in [4.69, 9.17) is 0 Å². The molecule has 3 heterocycles. The van der Waals surface area contributed by atoms with E-state index in [9.17, 15) is 0 Å². The Bertz CT molecular complexity index is 2740. The first-order valence-electron chi connectivity index (χ1n) is 15.3. The van der Waals surface area contributed by atoms with Gasteiger partial charge in [-0.15, -0.1) is 22.7 Å². The van der Waals surface area contributed by atoms with E-state index in [-0.39, 0.29) is 0 Å².